The van der Waals surface area contributed by atoms with Crippen LogP contribution in [0.25, 0.3) is 10.6 Å². The molecule has 1 saturated heterocycles. The number of nitrogens with zero attached hydrogens (tertiary/aromatic N) is 5. The van der Waals surface area contributed by atoms with Gasteiger partial charge >= 0.3 is 0 Å². The Hall–Kier alpha value is -2.25. The van der Waals surface area contributed by atoms with Crippen LogP contribution in [0, 0.1) is 6.92 Å². The van der Waals surface area contributed by atoms with Crippen LogP contribution in [0.15, 0.2) is 36.9 Å². The van der Waals surface area contributed by atoms with E-state index in [1.54, 1.807) is 12.7 Å². The SMILES string of the molecule is Cc1nc(-c2ccc(Cl)cc2)sc1C(=O)N1CCC(n2cncn2)CC1. The molecule has 1 aliphatic rings. The molecule has 1 aromatic carbocycles. The third-order valence-electron chi connectivity index (χ3n) is 4.64. The average Bonchev–Trinajstić information content (AvgIpc) is 3.32. The summed E-state index contributed by atoms with van der Waals surface area (Å²) in [6, 6.07) is 7.85. The lowest BCUT2D eigenvalue weighted by atomic mass is 10.1. The first-order valence-corrected chi connectivity index (χ1v) is 9.68. The summed E-state index contributed by atoms with van der Waals surface area (Å²) in [5, 5.41) is 5.75. The number of aromatic nitrogens is 4. The number of amides is 1. The Labute approximate surface area is 160 Å². The minimum Gasteiger partial charge on any atom is -0.338 e. The molecule has 1 amide bonds. The zero-order chi connectivity index (χ0) is 18.1. The molecular formula is C18H18ClN5OS. The quantitative estimate of drug-likeness (QED) is 0.684. The normalized spacial score (nSPS) is 15.4. The van der Waals surface area contributed by atoms with Crippen LogP contribution in [0.1, 0.15) is 34.2 Å². The van der Waals surface area contributed by atoms with Crippen molar-refractivity contribution in [1.82, 2.24) is 24.6 Å². The zero-order valence-electron chi connectivity index (χ0n) is 14.3. The number of piperidine rings is 1. The van der Waals surface area contributed by atoms with Gasteiger partial charge in [-0.15, -0.1) is 11.3 Å². The highest BCUT2D eigenvalue weighted by Crippen LogP contribution is 2.31. The Kier molecular flexibility index (Phi) is 4.74. The van der Waals surface area contributed by atoms with Gasteiger partial charge in [-0.3, -0.25) is 4.79 Å². The highest BCUT2D eigenvalue weighted by atomic mass is 35.5. The second kappa shape index (κ2) is 7.17. The average molecular weight is 388 g/mol. The fourth-order valence-electron chi connectivity index (χ4n) is 3.19. The smallest absolute Gasteiger partial charge is 0.265 e. The molecule has 0 N–H and O–H groups in total. The molecule has 134 valence electrons. The molecule has 3 heterocycles. The molecule has 1 aliphatic heterocycles. The molecule has 0 spiro atoms. The van der Waals surface area contributed by atoms with Gasteiger partial charge in [0, 0.05) is 23.7 Å². The molecule has 0 unspecified atom stereocenters. The van der Waals surface area contributed by atoms with E-state index in [0.717, 1.165) is 42.2 Å². The Balaban J connectivity index is 1.48. The second-order valence-corrected chi connectivity index (χ2v) is 7.77. The van der Waals surface area contributed by atoms with Gasteiger partial charge in [0.2, 0.25) is 0 Å². The third-order valence-corrected chi connectivity index (χ3v) is 6.09. The van der Waals surface area contributed by atoms with Crippen LogP contribution >= 0.6 is 22.9 Å². The highest BCUT2D eigenvalue weighted by Gasteiger charge is 2.27. The molecule has 4 rings (SSSR count). The number of carbonyl (C=O) groups excluding carboxylic acids is 1. The molecule has 0 atom stereocenters. The first-order chi connectivity index (χ1) is 12.6. The Bertz CT molecular complexity index is 898. The van der Waals surface area contributed by atoms with Gasteiger partial charge < -0.3 is 4.90 Å². The Morgan fingerprint density at radius 1 is 1.23 bits per heavy atom. The zero-order valence-corrected chi connectivity index (χ0v) is 15.9. The van der Waals surface area contributed by atoms with Gasteiger partial charge in [0.25, 0.3) is 5.91 Å². The van der Waals surface area contributed by atoms with Crippen molar-refractivity contribution in [3.63, 3.8) is 0 Å². The van der Waals surface area contributed by atoms with Crippen molar-refractivity contribution < 1.29 is 4.79 Å². The largest absolute Gasteiger partial charge is 0.338 e. The Morgan fingerprint density at radius 2 is 1.96 bits per heavy atom. The van der Waals surface area contributed by atoms with E-state index < -0.39 is 0 Å². The van der Waals surface area contributed by atoms with Crippen LogP contribution in [-0.2, 0) is 0 Å². The molecule has 8 heteroatoms. The van der Waals surface area contributed by atoms with Crippen LogP contribution in [-0.4, -0.2) is 43.6 Å². The fourth-order valence-corrected chi connectivity index (χ4v) is 4.36. The van der Waals surface area contributed by atoms with Crippen molar-refractivity contribution in [3.8, 4) is 10.6 Å². The van der Waals surface area contributed by atoms with Gasteiger partial charge in [-0.2, -0.15) is 5.10 Å². The number of aryl methyl sites for hydroxylation is 1. The maximum atomic E-state index is 13.0. The van der Waals surface area contributed by atoms with E-state index in [0.29, 0.717) is 15.9 Å². The first-order valence-electron chi connectivity index (χ1n) is 8.48. The predicted octanol–water partition coefficient (Wildman–Crippen LogP) is 3.84. The van der Waals surface area contributed by atoms with E-state index in [1.165, 1.54) is 11.3 Å². The topological polar surface area (TPSA) is 63.9 Å². The number of carbonyl (C=O) groups is 1. The molecule has 3 aromatic rings. The minimum atomic E-state index is 0.0669. The molecule has 1 fully saturated rings. The van der Waals surface area contributed by atoms with Crippen molar-refractivity contribution in [2.45, 2.75) is 25.8 Å². The van der Waals surface area contributed by atoms with Crippen LogP contribution in [0.4, 0.5) is 0 Å². The molecular weight excluding hydrogens is 370 g/mol. The van der Waals surface area contributed by atoms with Crippen LogP contribution in [0.3, 0.4) is 0 Å². The standard InChI is InChI=1S/C18H18ClN5OS/c1-12-16(26-17(22-12)13-2-4-14(19)5-3-13)18(25)23-8-6-15(7-9-23)24-11-20-10-21-24/h2-5,10-11,15H,6-9H2,1H3. The summed E-state index contributed by atoms with van der Waals surface area (Å²) in [4.78, 5) is 24.2. The van der Waals surface area contributed by atoms with Gasteiger partial charge in [0.15, 0.2) is 0 Å². The van der Waals surface area contributed by atoms with Gasteiger partial charge in [-0.1, -0.05) is 23.7 Å². The number of hydrogen-bond acceptors (Lipinski definition) is 5. The monoisotopic (exact) mass is 387 g/mol. The molecule has 2 aromatic heterocycles. The summed E-state index contributed by atoms with van der Waals surface area (Å²) < 4.78 is 1.89. The van der Waals surface area contributed by atoms with E-state index in [2.05, 4.69) is 15.1 Å². The van der Waals surface area contributed by atoms with Gasteiger partial charge in [0.1, 0.15) is 22.5 Å². The minimum absolute atomic E-state index is 0.0669. The fraction of sp³-hybridized carbons (Fsp3) is 0.333. The van der Waals surface area contributed by atoms with E-state index >= 15 is 0 Å². The Morgan fingerprint density at radius 3 is 2.62 bits per heavy atom. The molecule has 0 bridgehead atoms. The highest BCUT2D eigenvalue weighted by molar-refractivity contribution is 7.17. The first kappa shape index (κ1) is 17.2. The van der Waals surface area contributed by atoms with E-state index in [-0.39, 0.29) is 5.91 Å². The molecule has 0 aliphatic carbocycles. The summed E-state index contributed by atoms with van der Waals surface area (Å²) in [7, 11) is 0. The summed E-state index contributed by atoms with van der Waals surface area (Å²) >= 11 is 7.39. The van der Waals surface area contributed by atoms with Crippen molar-refractivity contribution in [2.24, 2.45) is 0 Å². The van der Waals surface area contributed by atoms with Gasteiger partial charge in [0.05, 0.1) is 11.7 Å². The van der Waals surface area contributed by atoms with E-state index in [1.807, 2.05) is 40.8 Å². The van der Waals surface area contributed by atoms with Gasteiger partial charge in [-0.25, -0.2) is 14.6 Å². The lowest BCUT2D eigenvalue weighted by Crippen LogP contribution is -2.39. The summed E-state index contributed by atoms with van der Waals surface area (Å²) in [6.45, 7) is 3.33. The van der Waals surface area contributed by atoms with Crippen molar-refractivity contribution in [2.75, 3.05) is 13.1 Å². The molecule has 0 saturated carbocycles. The summed E-state index contributed by atoms with van der Waals surface area (Å²) in [5.41, 5.74) is 1.76. The number of likely N-dealkylation sites (tertiary alicyclic amines) is 1. The van der Waals surface area contributed by atoms with Crippen molar-refractivity contribution >= 4 is 28.8 Å². The molecule has 0 radical (unpaired) electrons. The van der Waals surface area contributed by atoms with Crippen LogP contribution in [0.2, 0.25) is 5.02 Å². The number of halogens is 1. The maximum absolute atomic E-state index is 13.0. The lowest BCUT2D eigenvalue weighted by molar-refractivity contribution is 0.0694. The third kappa shape index (κ3) is 3.37. The maximum Gasteiger partial charge on any atom is 0.265 e. The molecule has 6 nitrogen and oxygen atoms in total. The lowest BCUT2D eigenvalue weighted by Gasteiger charge is -2.31. The van der Waals surface area contributed by atoms with E-state index in [4.69, 9.17) is 11.6 Å². The van der Waals surface area contributed by atoms with E-state index in [9.17, 15) is 4.79 Å². The van der Waals surface area contributed by atoms with Crippen molar-refractivity contribution in [3.05, 3.63) is 52.5 Å². The second-order valence-electron chi connectivity index (χ2n) is 6.34. The van der Waals surface area contributed by atoms with Crippen LogP contribution in [0.5, 0.6) is 0 Å². The number of hydrogen-bond donors (Lipinski definition) is 0. The number of rotatable bonds is 3. The summed E-state index contributed by atoms with van der Waals surface area (Å²) in [5.74, 6) is 0.0669. The summed E-state index contributed by atoms with van der Waals surface area (Å²) in [6.07, 6.45) is 5.07. The van der Waals surface area contributed by atoms with Crippen LogP contribution < -0.4 is 0 Å². The number of benzene rings is 1. The van der Waals surface area contributed by atoms with Gasteiger partial charge in [-0.05, 0) is 31.9 Å². The van der Waals surface area contributed by atoms with Crippen molar-refractivity contribution in [1.29, 1.82) is 0 Å². The molecule has 26 heavy (non-hydrogen) atoms. The predicted molar refractivity (Wildman–Crippen MR) is 101 cm³/mol. The number of thiazole rings is 1.